The van der Waals surface area contributed by atoms with Gasteiger partial charge >= 0.3 is 0 Å². The Balaban J connectivity index is 1.51. The van der Waals surface area contributed by atoms with Crippen LogP contribution in [-0.4, -0.2) is 48.9 Å². The number of nitrogens with one attached hydrogen (secondary N) is 2. The molecule has 0 spiro atoms. The molecule has 2 aliphatic heterocycles. The van der Waals surface area contributed by atoms with Gasteiger partial charge in [-0.3, -0.25) is 9.59 Å². The van der Waals surface area contributed by atoms with Gasteiger partial charge in [-0.2, -0.15) is 0 Å². The van der Waals surface area contributed by atoms with E-state index in [0.29, 0.717) is 6.54 Å². The molecule has 3 fully saturated rings. The summed E-state index contributed by atoms with van der Waals surface area (Å²) < 4.78 is 0. The molecule has 106 valence electrons. The van der Waals surface area contributed by atoms with Crippen molar-refractivity contribution in [2.24, 2.45) is 11.8 Å². The van der Waals surface area contributed by atoms with Gasteiger partial charge in [-0.25, -0.2) is 0 Å². The van der Waals surface area contributed by atoms with E-state index in [1.54, 1.807) is 0 Å². The Morgan fingerprint density at radius 2 is 1.95 bits per heavy atom. The standard InChI is InChI=1S/C14H23N3O2/c18-13(16-12-5-6-15-8-12)11-2-1-7-17(9-11)14(19)10-3-4-10/h10-12,15H,1-9H2,(H,16,18). The van der Waals surface area contributed by atoms with E-state index in [4.69, 9.17) is 0 Å². The lowest BCUT2D eigenvalue weighted by Gasteiger charge is -2.32. The quantitative estimate of drug-likeness (QED) is 0.761. The number of nitrogens with zero attached hydrogens (tertiary/aromatic N) is 1. The number of carbonyl (C=O) groups excluding carboxylic acids is 2. The number of hydrogen-bond donors (Lipinski definition) is 2. The summed E-state index contributed by atoms with van der Waals surface area (Å²) in [6.45, 7) is 3.33. The van der Waals surface area contributed by atoms with Gasteiger partial charge in [0, 0.05) is 31.6 Å². The molecule has 0 radical (unpaired) electrons. The average Bonchev–Trinajstić information content (AvgIpc) is 3.17. The van der Waals surface area contributed by atoms with E-state index in [9.17, 15) is 9.59 Å². The Hall–Kier alpha value is -1.10. The predicted octanol–water partition coefficient (Wildman–Crippen LogP) is 0.113. The second-order valence-corrected chi connectivity index (χ2v) is 6.10. The van der Waals surface area contributed by atoms with Crippen LogP contribution in [0.15, 0.2) is 0 Å². The second-order valence-electron chi connectivity index (χ2n) is 6.10. The molecule has 2 amide bonds. The predicted molar refractivity (Wildman–Crippen MR) is 71.4 cm³/mol. The van der Waals surface area contributed by atoms with Crippen LogP contribution in [0, 0.1) is 11.8 Å². The van der Waals surface area contributed by atoms with Crippen molar-refractivity contribution in [2.45, 2.75) is 38.1 Å². The fourth-order valence-corrected chi connectivity index (χ4v) is 3.08. The van der Waals surface area contributed by atoms with Gasteiger partial charge in [0.2, 0.25) is 11.8 Å². The van der Waals surface area contributed by atoms with Crippen LogP contribution in [0.25, 0.3) is 0 Å². The van der Waals surface area contributed by atoms with Crippen molar-refractivity contribution in [2.75, 3.05) is 26.2 Å². The zero-order valence-electron chi connectivity index (χ0n) is 11.4. The number of rotatable bonds is 3. The molecule has 2 unspecified atom stereocenters. The van der Waals surface area contributed by atoms with Crippen LogP contribution < -0.4 is 10.6 Å². The fraction of sp³-hybridized carbons (Fsp3) is 0.857. The lowest BCUT2D eigenvalue weighted by Crippen LogP contribution is -2.48. The molecule has 5 heteroatoms. The molecular weight excluding hydrogens is 242 g/mol. The Bertz CT molecular complexity index is 362. The van der Waals surface area contributed by atoms with E-state index in [0.717, 1.165) is 51.7 Å². The van der Waals surface area contributed by atoms with Crippen molar-refractivity contribution in [3.05, 3.63) is 0 Å². The Morgan fingerprint density at radius 3 is 2.63 bits per heavy atom. The maximum absolute atomic E-state index is 12.2. The van der Waals surface area contributed by atoms with Crippen LogP contribution in [0.1, 0.15) is 32.1 Å². The maximum Gasteiger partial charge on any atom is 0.225 e. The first-order valence-corrected chi connectivity index (χ1v) is 7.54. The third-order valence-electron chi connectivity index (χ3n) is 4.44. The highest BCUT2D eigenvalue weighted by molar-refractivity contribution is 5.83. The highest BCUT2D eigenvalue weighted by Crippen LogP contribution is 2.32. The molecular formula is C14H23N3O2. The van der Waals surface area contributed by atoms with Crippen LogP contribution in [0.2, 0.25) is 0 Å². The highest BCUT2D eigenvalue weighted by atomic mass is 16.2. The number of amides is 2. The third kappa shape index (κ3) is 3.08. The molecule has 2 atom stereocenters. The van der Waals surface area contributed by atoms with Crippen LogP contribution in [0.4, 0.5) is 0 Å². The molecule has 0 aromatic heterocycles. The van der Waals surface area contributed by atoms with Crippen LogP contribution in [0.5, 0.6) is 0 Å². The first-order chi connectivity index (χ1) is 9.24. The Morgan fingerprint density at radius 1 is 1.11 bits per heavy atom. The summed E-state index contributed by atoms with van der Waals surface area (Å²) in [6.07, 6.45) is 4.98. The van der Waals surface area contributed by atoms with Crippen molar-refractivity contribution < 1.29 is 9.59 Å². The van der Waals surface area contributed by atoms with Gasteiger partial charge in [0.1, 0.15) is 0 Å². The monoisotopic (exact) mass is 265 g/mol. The zero-order chi connectivity index (χ0) is 13.2. The van der Waals surface area contributed by atoms with Crippen molar-refractivity contribution in [3.8, 4) is 0 Å². The molecule has 1 saturated carbocycles. The first kappa shape index (κ1) is 12.9. The number of carbonyl (C=O) groups is 2. The third-order valence-corrected chi connectivity index (χ3v) is 4.44. The first-order valence-electron chi connectivity index (χ1n) is 7.54. The molecule has 5 nitrogen and oxygen atoms in total. The Labute approximate surface area is 114 Å². The molecule has 1 aliphatic carbocycles. The summed E-state index contributed by atoms with van der Waals surface area (Å²) in [5.41, 5.74) is 0. The highest BCUT2D eigenvalue weighted by Gasteiger charge is 2.37. The summed E-state index contributed by atoms with van der Waals surface area (Å²) in [5.74, 6) is 0.680. The lowest BCUT2D eigenvalue weighted by atomic mass is 9.96. The van der Waals surface area contributed by atoms with Crippen LogP contribution >= 0.6 is 0 Å². The van der Waals surface area contributed by atoms with Gasteiger partial charge in [0.25, 0.3) is 0 Å². The normalized spacial score (nSPS) is 31.3. The summed E-state index contributed by atoms with van der Waals surface area (Å²) >= 11 is 0. The van der Waals surface area contributed by atoms with Crippen molar-refractivity contribution >= 4 is 11.8 Å². The molecule has 19 heavy (non-hydrogen) atoms. The molecule has 0 aromatic rings. The molecule has 2 heterocycles. The second kappa shape index (κ2) is 5.49. The SMILES string of the molecule is O=C(NC1CCNC1)C1CCCN(C(=O)C2CC2)C1. The summed E-state index contributed by atoms with van der Waals surface area (Å²) in [6, 6.07) is 0.280. The van der Waals surface area contributed by atoms with E-state index >= 15 is 0 Å². The van der Waals surface area contributed by atoms with E-state index in [1.807, 2.05) is 4.90 Å². The molecule has 3 rings (SSSR count). The van der Waals surface area contributed by atoms with Gasteiger partial charge < -0.3 is 15.5 Å². The summed E-state index contributed by atoms with van der Waals surface area (Å²) in [5, 5.41) is 6.37. The molecule has 2 N–H and O–H groups in total. The summed E-state index contributed by atoms with van der Waals surface area (Å²) in [4.78, 5) is 26.2. The van der Waals surface area contributed by atoms with Crippen molar-refractivity contribution in [1.29, 1.82) is 0 Å². The maximum atomic E-state index is 12.2. The summed E-state index contributed by atoms with van der Waals surface area (Å²) in [7, 11) is 0. The van der Waals surface area contributed by atoms with E-state index < -0.39 is 0 Å². The lowest BCUT2D eigenvalue weighted by molar-refractivity contribution is -0.136. The van der Waals surface area contributed by atoms with Gasteiger partial charge in [-0.05, 0) is 38.6 Å². The minimum atomic E-state index is -0.00273. The zero-order valence-corrected chi connectivity index (χ0v) is 11.4. The van der Waals surface area contributed by atoms with Gasteiger partial charge in [-0.15, -0.1) is 0 Å². The Kier molecular flexibility index (Phi) is 3.73. The van der Waals surface area contributed by atoms with E-state index in [1.165, 1.54) is 0 Å². The van der Waals surface area contributed by atoms with Crippen LogP contribution in [-0.2, 0) is 9.59 Å². The fourth-order valence-electron chi connectivity index (χ4n) is 3.08. The number of likely N-dealkylation sites (tertiary alicyclic amines) is 1. The minimum Gasteiger partial charge on any atom is -0.352 e. The van der Waals surface area contributed by atoms with E-state index in [2.05, 4.69) is 10.6 Å². The molecule has 0 bridgehead atoms. The van der Waals surface area contributed by atoms with Crippen molar-refractivity contribution in [1.82, 2.24) is 15.5 Å². The van der Waals surface area contributed by atoms with Crippen LogP contribution in [0.3, 0.4) is 0 Å². The van der Waals surface area contributed by atoms with Gasteiger partial charge in [0.05, 0.1) is 5.92 Å². The molecule has 3 aliphatic rings. The molecule has 0 aromatic carbocycles. The largest absolute Gasteiger partial charge is 0.352 e. The smallest absolute Gasteiger partial charge is 0.225 e. The van der Waals surface area contributed by atoms with Gasteiger partial charge in [0.15, 0.2) is 0 Å². The average molecular weight is 265 g/mol. The minimum absolute atomic E-state index is 0.00273. The number of piperidine rings is 1. The van der Waals surface area contributed by atoms with Gasteiger partial charge in [-0.1, -0.05) is 0 Å². The molecule has 2 saturated heterocycles. The topological polar surface area (TPSA) is 61.4 Å². The van der Waals surface area contributed by atoms with Crippen molar-refractivity contribution in [3.63, 3.8) is 0 Å². The number of hydrogen-bond acceptors (Lipinski definition) is 3. The van der Waals surface area contributed by atoms with E-state index in [-0.39, 0.29) is 29.7 Å².